The van der Waals surface area contributed by atoms with Crippen LogP contribution in [-0.2, 0) is 6.54 Å². The van der Waals surface area contributed by atoms with Crippen molar-refractivity contribution in [3.63, 3.8) is 0 Å². The number of benzene rings is 1. The van der Waals surface area contributed by atoms with Crippen LogP contribution in [0.2, 0.25) is 4.47 Å². The second-order valence-electron chi connectivity index (χ2n) is 3.73. The molecule has 2 aromatic heterocycles. The van der Waals surface area contributed by atoms with Crippen molar-refractivity contribution in [3.05, 3.63) is 46.3 Å². The number of nitrogens with zero attached hydrogens (tertiary/aromatic N) is 3. The maximum atomic E-state index is 5.78. The SMILES string of the molecule is Clc1ncc(CNc2ccc3ncncc3c2)s1. The standard InChI is InChI=1S/C12H9ClN4S/c13-12-16-6-10(18-12)5-15-9-1-2-11-8(3-9)4-14-7-17-11/h1-4,6-7,15H,5H2. The van der Waals surface area contributed by atoms with Crippen molar-refractivity contribution < 1.29 is 0 Å². The molecule has 0 aliphatic rings. The smallest absolute Gasteiger partial charge is 0.183 e. The molecule has 0 atom stereocenters. The number of fused-ring (bicyclic) bond motifs is 1. The molecule has 6 heteroatoms. The van der Waals surface area contributed by atoms with Crippen molar-refractivity contribution in [2.45, 2.75) is 6.54 Å². The summed E-state index contributed by atoms with van der Waals surface area (Å²) in [5, 5.41) is 4.34. The molecule has 1 N–H and O–H groups in total. The average molecular weight is 277 g/mol. The maximum absolute atomic E-state index is 5.78. The molecule has 0 aliphatic heterocycles. The van der Waals surface area contributed by atoms with Crippen LogP contribution in [0.4, 0.5) is 5.69 Å². The third-order valence-electron chi connectivity index (χ3n) is 2.50. The predicted octanol–water partition coefficient (Wildman–Crippen LogP) is 3.35. The summed E-state index contributed by atoms with van der Waals surface area (Å²) in [6, 6.07) is 5.99. The number of hydrogen-bond donors (Lipinski definition) is 1. The molecule has 2 heterocycles. The van der Waals surface area contributed by atoms with Crippen LogP contribution in [0.15, 0.2) is 36.9 Å². The third-order valence-corrected chi connectivity index (χ3v) is 3.61. The van der Waals surface area contributed by atoms with Crippen molar-refractivity contribution in [1.29, 1.82) is 0 Å². The molecule has 0 fully saturated rings. The number of halogens is 1. The van der Waals surface area contributed by atoms with E-state index in [1.807, 2.05) is 18.2 Å². The Morgan fingerprint density at radius 2 is 2.17 bits per heavy atom. The molecule has 0 aliphatic carbocycles. The van der Waals surface area contributed by atoms with E-state index < -0.39 is 0 Å². The molecule has 0 saturated heterocycles. The Balaban J connectivity index is 1.78. The maximum Gasteiger partial charge on any atom is 0.183 e. The van der Waals surface area contributed by atoms with Gasteiger partial charge < -0.3 is 5.32 Å². The molecule has 3 rings (SSSR count). The van der Waals surface area contributed by atoms with Gasteiger partial charge in [0, 0.05) is 28.3 Å². The van der Waals surface area contributed by atoms with Crippen molar-refractivity contribution >= 4 is 39.5 Å². The zero-order chi connectivity index (χ0) is 12.4. The zero-order valence-corrected chi connectivity index (χ0v) is 10.9. The highest BCUT2D eigenvalue weighted by Crippen LogP contribution is 2.20. The molecule has 0 unspecified atom stereocenters. The second kappa shape index (κ2) is 4.88. The van der Waals surface area contributed by atoms with Crippen LogP contribution < -0.4 is 5.32 Å². The fourth-order valence-electron chi connectivity index (χ4n) is 1.65. The van der Waals surface area contributed by atoms with E-state index in [1.54, 1.807) is 18.7 Å². The molecule has 0 bridgehead atoms. The van der Waals surface area contributed by atoms with Crippen LogP contribution in [0.25, 0.3) is 10.9 Å². The largest absolute Gasteiger partial charge is 0.380 e. The molecule has 0 radical (unpaired) electrons. The molecule has 4 nitrogen and oxygen atoms in total. The first-order valence-electron chi connectivity index (χ1n) is 5.35. The fraction of sp³-hybridized carbons (Fsp3) is 0.0833. The van der Waals surface area contributed by atoms with Crippen molar-refractivity contribution in [2.75, 3.05) is 5.32 Å². The van der Waals surface area contributed by atoms with E-state index in [1.165, 1.54) is 11.3 Å². The van der Waals surface area contributed by atoms with Gasteiger partial charge in [0.15, 0.2) is 4.47 Å². The first kappa shape index (κ1) is 11.4. The number of nitrogens with one attached hydrogen (secondary N) is 1. The molecule has 3 aromatic rings. The summed E-state index contributed by atoms with van der Waals surface area (Å²) in [5.74, 6) is 0. The summed E-state index contributed by atoms with van der Waals surface area (Å²) in [6.45, 7) is 0.712. The van der Waals surface area contributed by atoms with E-state index in [2.05, 4.69) is 20.3 Å². The highest BCUT2D eigenvalue weighted by molar-refractivity contribution is 7.15. The summed E-state index contributed by atoms with van der Waals surface area (Å²) in [5.41, 5.74) is 1.97. The molecular formula is C12H9ClN4S. The lowest BCUT2D eigenvalue weighted by atomic mass is 10.2. The lowest BCUT2D eigenvalue weighted by molar-refractivity contribution is 1.17. The van der Waals surface area contributed by atoms with Crippen molar-refractivity contribution in [1.82, 2.24) is 15.0 Å². The predicted molar refractivity (Wildman–Crippen MR) is 74.0 cm³/mol. The van der Waals surface area contributed by atoms with Gasteiger partial charge in [0.05, 0.1) is 12.1 Å². The van der Waals surface area contributed by atoms with Gasteiger partial charge in [-0.3, -0.25) is 0 Å². The lowest BCUT2D eigenvalue weighted by Crippen LogP contribution is -1.97. The quantitative estimate of drug-likeness (QED) is 0.797. The van der Waals surface area contributed by atoms with E-state index in [0.717, 1.165) is 21.5 Å². The van der Waals surface area contributed by atoms with Gasteiger partial charge in [0.2, 0.25) is 0 Å². The second-order valence-corrected chi connectivity index (χ2v) is 5.43. The van der Waals surface area contributed by atoms with E-state index in [9.17, 15) is 0 Å². The lowest BCUT2D eigenvalue weighted by Gasteiger charge is -2.05. The molecule has 0 amide bonds. The monoisotopic (exact) mass is 276 g/mol. The number of hydrogen-bond acceptors (Lipinski definition) is 5. The Kier molecular flexibility index (Phi) is 3.08. The zero-order valence-electron chi connectivity index (χ0n) is 9.30. The number of thiazole rings is 1. The van der Waals surface area contributed by atoms with E-state index in [4.69, 9.17) is 11.6 Å². The minimum absolute atomic E-state index is 0.568. The van der Waals surface area contributed by atoms with Crippen LogP contribution in [0.5, 0.6) is 0 Å². The molecule has 18 heavy (non-hydrogen) atoms. The first-order valence-corrected chi connectivity index (χ1v) is 6.54. The molecule has 1 aromatic carbocycles. The van der Waals surface area contributed by atoms with Gasteiger partial charge in [-0.05, 0) is 18.2 Å². The molecule has 0 saturated carbocycles. The van der Waals surface area contributed by atoms with Gasteiger partial charge in [0.1, 0.15) is 6.33 Å². The van der Waals surface area contributed by atoms with Gasteiger partial charge in [-0.2, -0.15) is 0 Å². The highest BCUT2D eigenvalue weighted by atomic mass is 35.5. The Labute approximate surface area is 113 Å². The minimum Gasteiger partial charge on any atom is -0.380 e. The topological polar surface area (TPSA) is 50.7 Å². The van der Waals surface area contributed by atoms with Crippen LogP contribution in [0, 0.1) is 0 Å². The first-order chi connectivity index (χ1) is 8.81. The summed E-state index contributed by atoms with van der Waals surface area (Å²) >= 11 is 7.26. The van der Waals surface area contributed by atoms with Crippen LogP contribution in [0.1, 0.15) is 4.88 Å². The molecule has 90 valence electrons. The van der Waals surface area contributed by atoms with Gasteiger partial charge >= 0.3 is 0 Å². The Hall–Kier alpha value is -1.72. The van der Waals surface area contributed by atoms with Gasteiger partial charge in [0.25, 0.3) is 0 Å². The van der Waals surface area contributed by atoms with E-state index >= 15 is 0 Å². The average Bonchev–Trinajstić information content (AvgIpc) is 2.82. The minimum atomic E-state index is 0.568. The van der Waals surface area contributed by atoms with E-state index in [-0.39, 0.29) is 0 Å². The summed E-state index contributed by atoms with van der Waals surface area (Å²) in [7, 11) is 0. The number of anilines is 1. The fourth-order valence-corrected chi connectivity index (χ4v) is 2.57. The van der Waals surface area contributed by atoms with Gasteiger partial charge in [-0.25, -0.2) is 15.0 Å². The normalized spacial score (nSPS) is 10.7. The Morgan fingerprint density at radius 3 is 3.00 bits per heavy atom. The highest BCUT2D eigenvalue weighted by Gasteiger charge is 2.00. The Bertz CT molecular complexity index is 682. The van der Waals surface area contributed by atoms with Crippen molar-refractivity contribution in [2.24, 2.45) is 0 Å². The Morgan fingerprint density at radius 1 is 1.22 bits per heavy atom. The summed E-state index contributed by atoms with van der Waals surface area (Å²) < 4.78 is 0.568. The van der Waals surface area contributed by atoms with Crippen LogP contribution in [0.3, 0.4) is 0 Å². The molecular weight excluding hydrogens is 268 g/mol. The number of rotatable bonds is 3. The molecule has 0 spiro atoms. The summed E-state index contributed by atoms with van der Waals surface area (Å²) in [6.07, 6.45) is 5.13. The van der Waals surface area contributed by atoms with Crippen molar-refractivity contribution in [3.8, 4) is 0 Å². The third kappa shape index (κ3) is 2.42. The van der Waals surface area contributed by atoms with E-state index in [0.29, 0.717) is 11.0 Å². The van der Waals surface area contributed by atoms with Gasteiger partial charge in [-0.15, -0.1) is 11.3 Å². The van der Waals surface area contributed by atoms with Gasteiger partial charge in [-0.1, -0.05) is 11.6 Å². The van der Waals surface area contributed by atoms with Crippen LogP contribution >= 0.6 is 22.9 Å². The summed E-state index contributed by atoms with van der Waals surface area (Å²) in [4.78, 5) is 13.3. The van der Waals surface area contributed by atoms with Crippen LogP contribution in [-0.4, -0.2) is 15.0 Å². The number of aromatic nitrogens is 3.